The Labute approximate surface area is 75.3 Å². The van der Waals surface area contributed by atoms with E-state index in [0.717, 1.165) is 16.9 Å². The highest BCUT2D eigenvalue weighted by Gasteiger charge is 2.06. The Kier molecular flexibility index (Phi) is 1.61. The monoisotopic (exact) mass is 178 g/mol. The Balaban J connectivity index is 2.97. The van der Waals surface area contributed by atoms with Crippen LogP contribution in [0.2, 0.25) is 0 Å². The smallest absolute Gasteiger partial charge is 0.103 e. The van der Waals surface area contributed by atoms with Gasteiger partial charge in [-0.25, -0.2) is 4.98 Å². The minimum Gasteiger partial charge on any atom is -0.256 e. The number of aromatic nitrogens is 2. The summed E-state index contributed by atoms with van der Waals surface area (Å²) >= 11 is 1.69. The zero-order chi connectivity index (χ0) is 8.72. The van der Waals surface area contributed by atoms with Crippen LogP contribution >= 0.6 is 11.3 Å². The van der Waals surface area contributed by atoms with Gasteiger partial charge in [-0.05, 0) is 26.3 Å². The van der Waals surface area contributed by atoms with Gasteiger partial charge in [-0.15, -0.1) is 11.3 Å². The zero-order valence-electron chi connectivity index (χ0n) is 7.38. The maximum absolute atomic E-state index is 4.42. The molecule has 2 rings (SSSR count). The van der Waals surface area contributed by atoms with E-state index in [1.165, 1.54) is 10.3 Å². The molecule has 0 saturated heterocycles. The second kappa shape index (κ2) is 2.52. The predicted molar refractivity (Wildman–Crippen MR) is 51.6 cm³/mol. The standard InChI is InChI=1S/C9H10N2S/c1-5-6(2)11-7(3)8-9(5)12-4-10-8/h4H,1-3H3. The summed E-state index contributed by atoms with van der Waals surface area (Å²) in [5.74, 6) is 0. The molecule has 12 heavy (non-hydrogen) atoms. The SMILES string of the molecule is Cc1nc(C)c2ncsc2c1C. The third-order valence-corrected chi connectivity index (χ3v) is 3.07. The Morgan fingerprint density at radius 3 is 2.67 bits per heavy atom. The predicted octanol–water partition coefficient (Wildman–Crippen LogP) is 2.62. The Bertz CT molecular complexity index is 431. The third-order valence-electron chi connectivity index (χ3n) is 2.13. The first kappa shape index (κ1) is 7.68. The number of fused-ring (bicyclic) bond motifs is 1. The van der Waals surface area contributed by atoms with Crippen LogP contribution in [-0.2, 0) is 0 Å². The van der Waals surface area contributed by atoms with Gasteiger partial charge in [-0.2, -0.15) is 0 Å². The summed E-state index contributed by atoms with van der Waals surface area (Å²) in [7, 11) is 0. The van der Waals surface area contributed by atoms with Crippen LogP contribution in [0.25, 0.3) is 10.2 Å². The van der Waals surface area contributed by atoms with E-state index >= 15 is 0 Å². The molecule has 2 aromatic heterocycles. The quantitative estimate of drug-likeness (QED) is 0.619. The molecular weight excluding hydrogens is 168 g/mol. The van der Waals surface area contributed by atoms with Crippen molar-refractivity contribution < 1.29 is 0 Å². The van der Waals surface area contributed by atoms with E-state index in [1.54, 1.807) is 11.3 Å². The molecule has 62 valence electrons. The number of thiazole rings is 1. The minimum atomic E-state index is 1.04. The van der Waals surface area contributed by atoms with Crippen LogP contribution in [0, 0.1) is 20.8 Å². The molecule has 2 nitrogen and oxygen atoms in total. The summed E-state index contributed by atoms with van der Waals surface area (Å²) in [6, 6.07) is 0. The van der Waals surface area contributed by atoms with E-state index in [4.69, 9.17) is 0 Å². The largest absolute Gasteiger partial charge is 0.256 e. The van der Waals surface area contributed by atoms with Gasteiger partial charge in [0.1, 0.15) is 5.52 Å². The van der Waals surface area contributed by atoms with Gasteiger partial charge in [0.25, 0.3) is 0 Å². The van der Waals surface area contributed by atoms with Crippen LogP contribution < -0.4 is 0 Å². The van der Waals surface area contributed by atoms with E-state index in [0.29, 0.717) is 0 Å². The van der Waals surface area contributed by atoms with E-state index in [1.807, 2.05) is 19.4 Å². The number of nitrogens with zero attached hydrogens (tertiary/aromatic N) is 2. The number of pyridine rings is 1. The van der Waals surface area contributed by atoms with Gasteiger partial charge < -0.3 is 0 Å². The first-order valence-corrected chi connectivity index (χ1v) is 4.75. The van der Waals surface area contributed by atoms with Gasteiger partial charge >= 0.3 is 0 Å². The highest BCUT2D eigenvalue weighted by molar-refractivity contribution is 7.17. The number of hydrogen-bond donors (Lipinski definition) is 0. The van der Waals surface area contributed by atoms with Gasteiger partial charge in [0.15, 0.2) is 0 Å². The lowest BCUT2D eigenvalue weighted by Gasteiger charge is -2.01. The van der Waals surface area contributed by atoms with Crippen molar-refractivity contribution in [3.05, 3.63) is 22.5 Å². The summed E-state index contributed by atoms with van der Waals surface area (Å²) in [4.78, 5) is 8.69. The maximum atomic E-state index is 4.42. The van der Waals surface area contributed by atoms with Crippen molar-refractivity contribution in [3.63, 3.8) is 0 Å². The molecule has 0 aromatic carbocycles. The molecule has 0 radical (unpaired) electrons. The topological polar surface area (TPSA) is 25.8 Å². The van der Waals surface area contributed by atoms with E-state index in [9.17, 15) is 0 Å². The second-order valence-electron chi connectivity index (χ2n) is 2.94. The molecule has 0 unspecified atom stereocenters. The fourth-order valence-corrected chi connectivity index (χ4v) is 2.22. The van der Waals surface area contributed by atoms with Gasteiger partial charge in [0.2, 0.25) is 0 Å². The van der Waals surface area contributed by atoms with Crippen molar-refractivity contribution in [3.8, 4) is 0 Å². The Morgan fingerprint density at radius 2 is 1.92 bits per heavy atom. The molecule has 0 atom stereocenters. The van der Waals surface area contributed by atoms with E-state index in [2.05, 4.69) is 16.9 Å². The number of hydrogen-bond acceptors (Lipinski definition) is 3. The first-order valence-electron chi connectivity index (χ1n) is 3.87. The molecular formula is C9H10N2S. The molecule has 0 aliphatic heterocycles. The van der Waals surface area contributed by atoms with E-state index in [-0.39, 0.29) is 0 Å². The fourth-order valence-electron chi connectivity index (χ4n) is 1.32. The lowest BCUT2D eigenvalue weighted by Crippen LogP contribution is -1.91. The summed E-state index contributed by atoms with van der Waals surface area (Å²) in [5, 5.41) is 0. The van der Waals surface area contributed by atoms with Crippen molar-refractivity contribution in [2.45, 2.75) is 20.8 Å². The van der Waals surface area contributed by atoms with Gasteiger partial charge in [-0.1, -0.05) is 0 Å². The van der Waals surface area contributed by atoms with Crippen molar-refractivity contribution in [2.24, 2.45) is 0 Å². The highest BCUT2D eigenvalue weighted by atomic mass is 32.1. The first-order chi connectivity index (χ1) is 5.70. The summed E-state index contributed by atoms with van der Waals surface area (Å²) < 4.78 is 1.28. The van der Waals surface area contributed by atoms with Crippen LogP contribution in [0.1, 0.15) is 17.0 Å². The van der Waals surface area contributed by atoms with Gasteiger partial charge in [0, 0.05) is 5.69 Å². The molecule has 3 heteroatoms. The van der Waals surface area contributed by atoms with Crippen molar-refractivity contribution in [1.82, 2.24) is 9.97 Å². The molecule has 0 amide bonds. The lowest BCUT2D eigenvalue weighted by atomic mass is 10.2. The normalized spacial score (nSPS) is 10.9. The van der Waals surface area contributed by atoms with Crippen molar-refractivity contribution >= 4 is 21.6 Å². The molecule has 0 bridgehead atoms. The molecule has 0 aliphatic rings. The molecule has 0 spiro atoms. The van der Waals surface area contributed by atoms with Crippen LogP contribution in [0.3, 0.4) is 0 Å². The molecule has 0 N–H and O–H groups in total. The molecule has 0 aliphatic carbocycles. The molecule has 2 heterocycles. The van der Waals surface area contributed by atoms with Gasteiger partial charge in [-0.3, -0.25) is 4.98 Å². The molecule has 0 fully saturated rings. The summed E-state index contributed by atoms with van der Waals surface area (Å²) in [5.41, 5.74) is 6.35. The molecule has 2 aromatic rings. The highest BCUT2D eigenvalue weighted by Crippen LogP contribution is 2.24. The Morgan fingerprint density at radius 1 is 1.17 bits per heavy atom. The van der Waals surface area contributed by atoms with Gasteiger partial charge in [0.05, 0.1) is 15.9 Å². The van der Waals surface area contributed by atoms with Crippen LogP contribution in [0.4, 0.5) is 0 Å². The average molecular weight is 178 g/mol. The maximum Gasteiger partial charge on any atom is 0.103 e. The second-order valence-corrected chi connectivity index (χ2v) is 3.79. The number of rotatable bonds is 0. The molecule has 0 saturated carbocycles. The lowest BCUT2D eigenvalue weighted by molar-refractivity contribution is 1.11. The van der Waals surface area contributed by atoms with Crippen LogP contribution in [0.5, 0.6) is 0 Å². The summed E-state index contributed by atoms with van der Waals surface area (Å²) in [6.07, 6.45) is 0. The fraction of sp³-hybridized carbons (Fsp3) is 0.333. The summed E-state index contributed by atoms with van der Waals surface area (Å²) in [6.45, 7) is 6.15. The number of aryl methyl sites for hydroxylation is 3. The van der Waals surface area contributed by atoms with Crippen LogP contribution in [-0.4, -0.2) is 9.97 Å². The van der Waals surface area contributed by atoms with Crippen molar-refractivity contribution in [1.29, 1.82) is 0 Å². The van der Waals surface area contributed by atoms with E-state index < -0.39 is 0 Å². The van der Waals surface area contributed by atoms with Crippen LogP contribution in [0.15, 0.2) is 5.51 Å². The average Bonchev–Trinajstić information content (AvgIpc) is 2.48. The third kappa shape index (κ3) is 0.932. The zero-order valence-corrected chi connectivity index (χ0v) is 8.20. The minimum absolute atomic E-state index is 1.04. The Hall–Kier alpha value is -0.960. The van der Waals surface area contributed by atoms with Crippen molar-refractivity contribution in [2.75, 3.05) is 0 Å².